The van der Waals surface area contributed by atoms with E-state index in [0.29, 0.717) is 32.1 Å². The topological polar surface area (TPSA) is 88.5 Å². The standard InChI is InChI=1S/C21H28O5/c1-11(22)21(26)9-6-14-16-13(5-8-20(14,21)3)19(2)7-4-12(23)10-15(19)17(24)18(16)25/h13-16,26H,4-10H2,1-3H3/t13-,14-,15?,16+,19+,20-,21-/m0/s1. The van der Waals surface area contributed by atoms with Gasteiger partial charge >= 0.3 is 0 Å². The van der Waals surface area contributed by atoms with Crippen molar-refractivity contribution in [1.82, 2.24) is 0 Å². The minimum atomic E-state index is -1.40. The van der Waals surface area contributed by atoms with Crippen LogP contribution < -0.4 is 0 Å². The number of hydrogen-bond acceptors (Lipinski definition) is 5. The van der Waals surface area contributed by atoms with Gasteiger partial charge in [0.15, 0.2) is 5.78 Å². The van der Waals surface area contributed by atoms with E-state index in [1.165, 1.54) is 6.92 Å². The Morgan fingerprint density at radius 1 is 1.00 bits per heavy atom. The summed E-state index contributed by atoms with van der Waals surface area (Å²) in [4.78, 5) is 50.2. The SMILES string of the molecule is CC(=O)[C@@]1(O)CC[C@H]2[C@@H]3C(=O)C(=O)C4CC(=O)CC[C@]4(C)[C@H]3CC[C@@]21C. The molecule has 0 spiro atoms. The monoisotopic (exact) mass is 360 g/mol. The van der Waals surface area contributed by atoms with Crippen LogP contribution >= 0.6 is 0 Å². The zero-order valence-corrected chi connectivity index (χ0v) is 15.8. The third-order valence-electron chi connectivity index (χ3n) is 8.88. The lowest BCUT2D eigenvalue weighted by Gasteiger charge is -2.59. The molecule has 142 valence electrons. The fourth-order valence-corrected chi connectivity index (χ4v) is 7.16. The minimum absolute atomic E-state index is 0.0678. The molecule has 0 saturated heterocycles. The van der Waals surface area contributed by atoms with Gasteiger partial charge in [-0.25, -0.2) is 0 Å². The minimum Gasteiger partial charge on any atom is -0.382 e. The fourth-order valence-electron chi connectivity index (χ4n) is 7.16. The van der Waals surface area contributed by atoms with E-state index in [1.807, 2.05) is 6.92 Å². The smallest absolute Gasteiger partial charge is 0.202 e. The van der Waals surface area contributed by atoms with E-state index in [2.05, 4.69) is 6.92 Å². The van der Waals surface area contributed by atoms with Crippen LogP contribution in [0.3, 0.4) is 0 Å². The molecule has 5 nitrogen and oxygen atoms in total. The lowest BCUT2D eigenvalue weighted by Crippen LogP contribution is -2.63. The molecule has 1 unspecified atom stereocenters. The van der Waals surface area contributed by atoms with E-state index >= 15 is 0 Å². The van der Waals surface area contributed by atoms with Gasteiger partial charge in [-0.1, -0.05) is 13.8 Å². The van der Waals surface area contributed by atoms with Gasteiger partial charge in [0.05, 0.1) is 0 Å². The highest BCUT2D eigenvalue weighted by molar-refractivity contribution is 6.40. The predicted molar refractivity (Wildman–Crippen MR) is 93.1 cm³/mol. The Labute approximate surface area is 153 Å². The Morgan fingerprint density at radius 3 is 2.31 bits per heavy atom. The summed E-state index contributed by atoms with van der Waals surface area (Å²) in [5, 5.41) is 11.1. The van der Waals surface area contributed by atoms with E-state index < -0.39 is 22.9 Å². The molecule has 4 aliphatic rings. The number of Topliss-reactive ketones (excluding diaryl/α,β-unsaturated/α-hetero) is 4. The van der Waals surface area contributed by atoms with Gasteiger partial charge in [-0.3, -0.25) is 19.2 Å². The Morgan fingerprint density at radius 2 is 1.65 bits per heavy atom. The molecule has 0 aromatic rings. The second kappa shape index (κ2) is 5.34. The zero-order chi connectivity index (χ0) is 19.1. The molecule has 26 heavy (non-hydrogen) atoms. The molecule has 4 saturated carbocycles. The molecule has 4 fully saturated rings. The quantitative estimate of drug-likeness (QED) is 0.725. The molecule has 0 radical (unpaired) electrons. The molecule has 1 N–H and O–H groups in total. The summed E-state index contributed by atoms with van der Waals surface area (Å²) in [6, 6.07) is 0. The molecule has 5 heteroatoms. The van der Waals surface area contributed by atoms with E-state index in [-0.39, 0.29) is 46.8 Å². The van der Waals surface area contributed by atoms with Crippen LogP contribution in [0.1, 0.15) is 65.7 Å². The Hall–Kier alpha value is -1.36. The van der Waals surface area contributed by atoms with Crippen molar-refractivity contribution < 1.29 is 24.3 Å². The lowest BCUT2D eigenvalue weighted by atomic mass is 9.43. The summed E-state index contributed by atoms with van der Waals surface area (Å²) in [6.45, 7) is 5.44. The zero-order valence-electron chi connectivity index (χ0n) is 15.8. The molecule has 0 heterocycles. The van der Waals surface area contributed by atoms with Crippen molar-refractivity contribution in [3.8, 4) is 0 Å². The molecular weight excluding hydrogens is 332 g/mol. The van der Waals surface area contributed by atoms with Gasteiger partial charge in [0, 0.05) is 30.1 Å². The van der Waals surface area contributed by atoms with Gasteiger partial charge in [-0.15, -0.1) is 0 Å². The van der Waals surface area contributed by atoms with Crippen LogP contribution in [-0.4, -0.2) is 33.8 Å². The first-order valence-electron chi connectivity index (χ1n) is 9.89. The van der Waals surface area contributed by atoms with Crippen LogP contribution in [0.25, 0.3) is 0 Å². The van der Waals surface area contributed by atoms with E-state index in [4.69, 9.17) is 0 Å². The first-order chi connectivity index (χ1) is 12.1. The average molecular weight is 360 g/mol. The van der Waals surface area contributed by atoms with E-state index in [9.17, 15) is 24.3 Å². The van der Waals surface area contributed by atoms with E-state index in [1.54, 1.807) is 0 Å². The number of hydrogen-bond donors (Lipinski definition) is 1. The Bertz CT molecular complexity index is 726. The maximum absolute atomic E-state index is 13.1. The molecular formula is C21H28O5. The first-order valence-corrected chi connectivity index (χ1v) is 9.89. The van der Waals surface area contributed by atoms with Crippen molar-refractivity contribution >= 4 is 23.1 Å². The Kier molecular flexibility index (Phi) is 3.70. The predicted octanol–water partition coefficient (Wildman–Crippen LogP) is 2.28. The van der Waals surface area contributed by atoms with Crippen LogP contribution in [0.5, 0.6) is 0 Å². The molecule has 0 aliphatic heterocycles. The third kappa shape index (κ3) is 1.96. The summed E-state index contributed by atoms with van der Waals surface area (Å²) in [5.74, 6) is -1.85. The van der Waals surface area contributed by atoms with Gasteiger partial charge < -0.3 is 5.11 Å². The largest absolute Gasteiger partial charge is 0.382 e. The highest BCUT2D eigenvalue weighted by atomic mass is 16.3. The maximum Gasteiger partial charge on any atom is 0.202 e. The van der Waals surface area contributed by atoms with Crippen LogP contribution in [0, 0.1) is 34.5 Å². The number of rotatable bonds is 1. The van der Waals surface area contributed by atoms with Crippen LogP contribution in [0.4, 0.5) is 0 Å². The molecule has 0 aromatic heterocycles. The van der Waals surface area contributed by atoms with Gasteiger partial charge in [-0.05, 0) is 56.3 Å². The number of ketones is 4. The summed E-state index contributed by atoms with van der Waals surface area (Å²) in [7, 11) is 0. The summed E-state index contributed by atoms with van der Waals surface area (Å²) < 4.78 is 0. The van der Waals surface area contributed by atoms with Gasteiger partial charge in [0.25, 0.3) is 0 Å². The molecule has 4 rings (SSSR count). The van der Waals surface area contributed by atoms with Crippen molar-refractivity contribution in [3.63, 3.8) is 0 Å². The highest BCUT2D eigenvalue weighted by Crippen LogP contribution is 2.66. The Balaban J connectivity index is 1.77. The number of carbonyl (C=O) groups excluding carboxylic acids is 4. The number of carbonyl (C=O) groups is 4. The molecule has 0 amide bonds. The van der Waals surface area contributed by atoms with Gasteiger partial charge in [0.1, 0.15) is 11.4 Å². The first kappa shape index (κ1) is 18.0. The van der Waals surface area contributed by atoms with Crippen molar-refractivity contribution in [1.29, 1.82) is 0 Å². The van der Waals surface area contributed by atoms with Gasteiger partial charge in [-0.2, -0.15) is 0 Å². The third-order valence-corrected chi connectivity index (χ3v) is 8.88. The molecule has 0 bridgehead atoms. The van der Waals surface area contributed by atoms with E-state index in [0.717, 1.165) is 6.42 Å². The normalized spacial score (nSPS) is 50.8. The van der Waals surface area contributed by atoms with Crippen molar-refractivity contribution in [2.45, 2.75) is 71.3 Å². The highest BCUT2D eigenvalue weighted by Gasteiger charge is 2.69. The average Bonchev–Trinajstić information content (AvgIpc) is 2.87. The second-order valence-corrected chi connectivity index (χ2v) is 9.68. The molecule has 4 aliphatic carbocycles. The second-order valence-electron chi connectivity index (χ2n) is 9.68. The van der Waals surface area contributed by atoms with Crippen LogP contribution in [0.15, 0.2) is 0 Å². The fraction of sp³-hybridized carbons (Fsp3) is 0.810. The summed E-state index contributed by atoms with van der Waals surface area (Å²) >= 11 is 0. The van der Waals surface area contributed by atoms with Crippen molar-refractivity contribution in [2.75, 3.05) is 0 Å². The lowest BCUT2D eigenvalue weighted by molar-refractivity contribution is -0.178. The number of fused-ring (bicyclic) bond motifs is 5. The molecule has 7 atom stereocenters. The summed E-state index contributed by atoms with van der Waals surface area (Å²) in [5.41, 5.74) is -2.36. The van der Waals surface area contributed by atoms with Crippen molar-refractivity contribution in [3.05, 3.63) is 0 Å². The molecule has 0 aromatic carbocycles. The van der Waals surface area contributed by atoms with Crippen molar-refractivity contribution in [2.24, 2.45) is 34.5 Å². The van der Waals surface area contributed by atoms with Crippen LogP contribution in [-0.2, 0) is 19.2 Å². The number of aliphatic hydroxyl groups is 1. The van der Waals surface area contributed by atoms with Gasteiger partial charge in [0.2, 0.25) is 11.6 Å². The van der Waals surface area contributed by atoms with Crippen LogP contribution in [0.2, 0.25) is 0 Å². The summed E-state index contributed by atoms with van der Waals surface area (Å²) in [6.07, 6.45) is 3.73. The maximum atomic E-state index is 13.1.